The molecule has 0 N–H and O–H groups in total. The van der Waals surface area contributed by atoms with Gasteiger partial charge in [-0.2, -0.15) is 0 Å². The van der Waals surface area contributed by atoms with Crippen molar-refractivity contribution in [3.8, 4) is 0 Å². The van der Waals surface area contributed by atoms with Crippen LogP contribution < -0.4 is 4.31 Å². The molecule has 138 valence electrons. The minimum atomic E-state index is -4.30. The molecule has 0 fully saturated rings. The van der Waals surface area contributed by atoms with Crippen molar-refractivity contribution in [2.24, 2.45) is 0 Å². The van der Waals surface area contributed by atoms with E-state index in [4.69, 9.17) is 23.2 Å². The predicted molar refractivity (Wildman–Crippen MR) is 105 cm³/mol. The summed E-state index contributed by atoms with van der Waals surface area (Å²) in [5, 5.41) is 11.6. The van der Waals surface area contributed by atoms with Crippen molar-refractivity contribution in [2.75, 3.05) is 4.31 Å². The zero-order valence-corrected chi connectivity index (χ0v) is 15.9. The molecule has 6 nitrogen and oxygen atoms in total. The van der Waals surface area contributed by atoms with Gasteiger partial charge in [-0.05, 0) is 36.4 Å². The van der Waals surface area contributed by atoms with Crippen LogP contribution in [0.5, 0.6) is 0 Å². The zero-order valence-electron chi connectivity index (χ0n) is 13.6. The van der Waals surface area contributed by atoms with Crippen LogP contribution in [0, 0.1) is 10.1 Å². The van der Waals surface area contributed by atoms with E-state index in [1.807, 2.05) is 0 Å². The maximum Gasteiger partial charge on any atom is 0.293 e. The Morgan fingerprint density at radius 3 is 2.19 bits per heavy atom. The van der Waals surface area contributed by atoms with E-state index in [9.17, 15) is 18.5 Å². The van der Waals surface area contributed by atoms with Crippen molar-refractivity contribution in [1.29, 1.82) is 0 Å². The monoisotopic (exact) mass is 422 g/mol. The van der Waals surface area contributed by atoms with Gasteiger partial charge in [0, 0.05) is 11.1 Å². The van der Waals surface area contributed by atoms with E-state index >= 15 is 0 Å². The summed E-state index contributed by atoms with van der Waals surface area (Å²) >= 11 is 12.1. The summed E-state index contributed by atoms with van der Waals surface area (Å²) in [5.74, 6) is 0. The molecule has 0 saturated carbocycles. The summed E-state index contributed by atoms with van der Waals surface area (Å²) in [7, 11) is -4.30. The number of sulfonamides is 1. The third-order valence-corrected chi connectivity index (χ3v) is 6.16. The molecule has 0 saturated heterocycles. The lowest BCUT2D eigenvalue weighted by molar-refractivity contribution is -0.384. The number of hydrogen-bond donors (Lipinski definition) is 0. The number of benzene rings is 3. The molecule has 0 radical (unpaired) electrons. The van der Waals surface area contributed by atoms with Gasteiger partial charge in [0.05, 0.1) is 15.6 Å². The van der Waals surface area contributed by atoms with Crippen LogP contribution in [-0.4, -0.2) is 13.3 Å². The number of anilines is 2. The summed E-state index contributed by atoms with van der Waals surface area (Å²) in [5.41, 5.74) is -0.240. The minimum Gasteiger partial charge on any atom is -0.258 e. The fourth-order valence-corrected chi connectivity index (χ4v) is 4.78. The molecule has 3 aromatic rings. The number of rotatable bonds is 5. The number of nitro benzene ring substituents is 1. The Bertz CT molecular complexity index is 1110. The lowest BCUT2D eigenvalue weighted by Crippen LogP contribution is -2.27. The molecule has 0 aliphatic carbocycles. The Labute approximate surface area is 165 Å². The zero-order chi connectivity index (χ0) is 19.6. The first kappa shape index (κ1) is 19.2. The van der Waals surface area contributed by atoms with E-state index in [1.165, 1.54) is 54.6 Å². The van der Waals surface area contributed by atoms with Crippen LogP contribution in [0.2, 0.25) is 10.0 Å². The molecule has 0 aromatic heterocycles. The molecule has 0 bridgehead atoms. The molecule has 3 rings (SSSR count). The third kappa shape index (κ3) is 3.75. The van der Waals surface area contributed by atoms with Crippen LogP contribution in [0.1, 0.15) is 0 Å². The first-order valence-electron chi connectivity index (χ1n) is 7.61. The van der Waals surface area contributed by atoms with E-state index < -0.39 is 14.9 Å². The van der Waals surface area contributed by atoms with E-state index in [-0.39, 0.29) is 32.0 Å². The molecule has 0 aliphatic heterocycles. The third-order valence-electron chi connectivity index (χ3n) is 3.70. The lowest BCUT2D eigenvalue weighted by Gasteiger charge is -2.24. The van der Waals surface area contributed by atoms with Crippen molar-refractivity contribution in [2.45, 2.75) is 4.90 Å². The van der Waals surface area contributed by atoms with Gasteiger partial charge >= 0.3 is 0 Å². The van der Waals surface area contributed by atoms with Crippen molar-refractivity contribution in [3.05, 3.63) is 93.0 Å². The van der Waals surface area contributed by atoms with Gasteiger partial charge in [0.15, 0.2) is 0 Å². The highest BCUT2D eigenvalue weighted by atomic mass is 35.5. The normalized spacial score (nSPS) is 11.2. The van der Waals surface area contributed by atoms with E-state index in [1.54, 1.807) is 18.2 Å². The van der Waals surface area contributed by atoms with Crippen molar-refractivity contribution >= 4 is 50.3 Å². The van der Waals surface area contributed by atoms with Crippen LogP contribution in [0.15, 0.2) is 77.7 Å². The molecule has 27 heavy (non-hydrogen) atoms. The molecule has 3 aromatic carbocycles. The first-order chi connectivity index (χ1) is 12.8. The molecule has 9 heteroatoms. The highest BCUT2D eigenvalue weighted by molar-refractivity contribution is 7.93. The van der Waals surface area contributed by atoms with Gasteiger partial charge in [0.2, 0.25) is 0 Å². The molecule has 0 atom stereocenters. The fourth-order valence-electron chi connectivity index (χ4n) is 2.53. The molecular weight excluding hydrogens is 411 g/mol. The second-order valence-electron chi connectivity index (χ2n) is 5.43. The highest BCUT2D eigenvalue weighted by Crippen LogP contribution is 2.39. The van der Waals surface area contributed by atoms with Gasteiger partial charge in [-0.15, -0.1) is 0 Å². The summed E-state index contributed by atoms with van der Waals surface area (Å²) in [4.78, 5) is 10.6. The predicted octanol–water partition coefficient (Wildman–Crippen LogP) is 5.43. The first-order valence-corrected chi connectivity index (χ1v) is 9.81. The Morgan fingerprint density at radius 1 is 0.889 bits per heavy atom. The number of para-hydroxylation sites is 3. The summed E-state index contributed by atoms with van der Waals surface area (Å²) in [6.45, 7) is 0. The van der Waals surface area contributed by atoms with Gasteiger partial charge in [0.25, 0.3) is 15.7 Å². The summed E-state index contributed by atoms with van der Waals surface area (Å²) < 4.78 is 27.8. The Hall–Kier alpha value is -2.61. The van der Waals surface area contributed by atoms with E-state index in [0.29, 0.717) is 0 Å². The van der Waals surface area contributed by atoms with Crippen LogP contribution in [0.4, 0.5) is 17.1 Å². The Balaban J connectivity index is 2.33. The second kappa shape index (κ2) is 7.56. The van der Waals surface area contributed by atoms with E-state index in [2.05, 4.69) is 0 Å². The average molecular weight is 423 g/mol. The van der Waals surface area contributed by atoms with Gasteiger partial charge in [-0.25, -0.2) is 12.7 Å². The molecular formula is C18H12Cl2N2O4S. The van der Waals surface area contributed by atoms with E-state index in [0.717, 1.165) is 4.31 Å². The van der Waals surface area contributed by atoms with Gasteiger partial charge in [0.1, 0.15) is 10.6 Å². The van der Waals surface area contributed by atoms with Crippen molar-refractivity contribution < 1.29 is 13.3 Å². The Morgan fingerprint density at radius 2 is 1.52 bits per heavy atom. The molecule has 0 aliphatic rings. The van der Waals surface area contributed by atoms with Gasteiger partial charge in [-0.3, -0.25) is 10.1 Å². The topological polar surface area (TPSA) is 80.5 Å². The average Bonchev–Trinajstić information content (AvgIpc) is 2.65. The number of hydrogen-bond acceptors (Lipinski definition) is 4. The van der Waals surface area contributed by atoms with Crippen LogP contribution >= 0.6 is 23.2 Å². The SMILES string of the molecule is O=[N+]([O-])c1ccccc1N(c1ccccc1)S(=O)(=O)c1cc(Cl)ccc1Cl. The minimum absolute atomic E-state index is 0.0427. The molecule has 0 spiro atoms. The lowest BCUT2D eigenvalue weighted by atomic mass is 10.2. The molecule has 0 heterocycles. The number of nitro groups is 1. The summed E-state index contributed by atoms with van der Waals surface area (Å²) in [6.07, 6.45) is 0. The van der Waals surface area contributed by atoms with Crippen LogP contribution in [0.3, 0.4) is 0 Å². The molecule has 0 unspecified atom stereocenters. The fraction of sp³-hybridized carbons (Fsp3) is 0. The quantitative estimate of drug-likeness (QED) is 0.405. The largest absolute Gasteiger partial charge is 0.293 e. The van der Waals surface area contributed by atoms with Gasteiger partial charge in [-0.1, -0.05) is 53.5 Å². The Kier molecular flexibility index (Phi) is 5.36. The second-order valence-corrected chi connectivity index (χ2v) is 8.02. The van der Waals surface area contributed by atoms with Crippen molar-refractivity contribution in [3.63, 3.8) is 0 Å². The smallest absolute Gasteiger partial charge is 0.258 e. The maximum atomic E-state index is 13.4. The highest BCUT2D eigenvalue weighted by Gasteiger charge is 2.33. The standard InChI is InChI=1S/C18H12Cl2N2O4S/c19-13-10-11-15(20)18(12-13)27(25,26)21(14-6-2-1-3-7-14)16-8-4-5-9-17(16)22(23)24/h1-12H. The number of nitrogens with zero attached hydrogens (tertiary/aromatic N) is 2. The van der Waals surface area contributed by atoms with Gasteiger partial charge < -0.3 is 0 Å². The summed E-state index contributed by atoms with van der Waals surface area (Å²) in [6, 6.07) is 17.7. The molecule has 0 amide bonds. The van der Waals surface area contributed by atoms with Crippen LogP contribution in [-0.2, 0) is 10.0 Å². The van der Waals surface area contributed by atoms with Crippen molar-refractivity contribution in [1.82, 2.24) is 0 Å². The maximum absolute atomic E-state index is 13.4. The van der Waals surface area contributed by atoms with Crippen LogP contribution in [0.25, 0.3) is 0 Å². The number of halogens is 2.